The van der Waals surface area contributed by atoms with E-state index >= 15 is 0 Å². The lowest BCUT2D eigenvalue weighted by molar-refractivity contribution is 0.351. The second-order valence-electron chi connectivity index (χ2n) is 6.11. The number of ether oxygens (including phenoxy) is 1. The summed E-state index contributed by atoms with van der Waals surface area (Å²) in [6.07, 6.45) is 2.06. The van der Waals surface area contributed by atoms with Crippen molar-refractivity contribution in [2.45, 2.75) is 31.7 Å². The zero-order chi connectivity index (χ0) is 16.2. The molecular formula is C19H23N3O. The molecule has 0 unspecified atom stereocenters. The van der Waals surface area contributed by atoms with Crippen molar-refractivity contribution in [3.63, 3.8) is 0 Å². The average molecular weight is 309 g/mol. The number of hydrogen-bond donors (Lipinski definition) is 2. The summed E-state index contributed by atoms with van der Waals surface area (Å²) in [6, 6.07) is 16.7. The fraction of sp³-hybridized carbons (Fsp3) is 0.316. The minimum absolute atomic E-state index is 0.295. The van der Waals surface area contributed by atoms with Crippen molar-refractivity contribution in [2.75, 3.05) is 12.4 Å². The molecule has 1 saturated carbocycles. The Bertz CT molecular complexity index is 705. The summed E-state index contributed by atoms with van der Waals surface area (Å²) in [7, 11) is 1.70. The van der Waals surface area contributed by atoms with Crippen molar-refractivity contribution >= 4 is 11.6 Å². The van der Waals surface area contributed by atoms with Gasteiger partial charge in [-0.25, -0.2) is 4.99 Å². The lowest BCUT2D eigenvalue weighted by Crippen LogP contribution is -2.31. The van der Waals surface area contributed by atoms with E-state index in [4.69, 9.17) is 10.5 Å². The molecule has 23 heavy (non-hydrogen) atoms. The van der Waals surface area contributed by atoms with Crippen LogP contribution in [0.4, 0.5) is 5.69 Å². The van der Waals surface area contributed by atoms with Crippen LogP contribution in [0.25, 0.3) is 0 Å². The van der Waals surface area contributed by atoms with Gasteiger partial charge in [0.1, 0.15) is 5.75 Å². The van der Waals surface area contributed by atoms with E-state index in [0.29, 0.717) is 17.9 Å². The minimum Gasteiger partial charge on any atom is -0.497 e. The molecule has 0 aliphatic heterocycles. The van der Waals surface area contributed by atoms with Crippen LogP contribution in [0.2, 0.25) is 0 Å². The molecule has 1 aliphatic rings. The van der Waals surface area contributed by atoms with Gasteiger partial charge in [-0.2, -0.15) is 0 Å². The number of benzene rings is 2. The first-order chi connectivity index (χ1) is 11.1. The maximum absolute atomic E-state index is 6.01. The highest BCUT2D eigenvalue weighted by Gasteiger charge is 2.30. The van der Waals surface area contributed by atoms with Crippen LogP contribution in [-0.4, -0.2) is 19.1 Å². The predicted molar refractivity (Wildman–Crippen MR) is 95.2 cm³/mol. The quantitative estimate of drug-likeness (QED) is 0.669. The largest absolute Gasteiger partial charge is 0.497 e. The van der Waals surface area contributed by atoms with E-state index in [2.05, 4.69) is 41.5 Å². The molecule has 4 nitrogen and oxygen atoms in total. The van der Waals surface area contributed by atoms with Crippen LogP contribution in [0.3, 0.4) is 0 Å². The molecule has 4 heteroatoms. The van der Waals surface area contributed by atoms with E-state index < -0.39 is 0 Å². The van der Waals surface area contributed by atoms with Crippen molar-refractivity contribution in [3.05, 3.63) is 59.7 Å². The maximum atomic E-state index is 6.01. The van der Waals surface area contributed by atoms with Gasteiger partial charge in [0.05, 0.1) is 13.2 Å². The van der Waals surface area contributed by atoms with Crippen LogP contribution >= 0.6 is 0 Å². The van der Waals surface area contributed by atoms with Gasteiger partial charge in [0.2, 0.25) is 0 Å². The number of aryl methyl sites for hydroxylation is 1. The van der Waals surface area contributed by atoms with Gasteiger partial charge >= 0.3 is 0 Å². The second kappa shape index (κ2) is 6.73. The number of rotatable bonds is 4. The molecule has 0 spiro atoms. The average Bonchev–Trinajstić information content (AvgIpc) is 2.50. The molecule has 0 amide bonds. The molecule has 120 valence electrons. The molecule has 0 atom stereocenters. The molecule has 2 aromatic carbocycles. The molecular weight excluding hydrogens is 286 g/mol. The number of nitrogens with zero attached hydrogens (tertiary/aromatic N) is 1. The van der Waals surface area contributed by atoms with Gasteiger partial charge in [0, 0.05) is 5.69 Å². The molecule has 0 aromatic heterocycles. The number of anilines is 1. The highest BCUT2D eigenvalue weighted by molar-refractivity contribution is 5.92. The van der Waals surface area contributed by atoms with Crippen molar-refractivity contribution in [1.82, 2.24) is 0 Å². The van der Waals surface area contributed by atoms with Gasteiger partial charge in [-0.15, -0.1) is 0 Å². The van der Waals surface area contributed by atoms with Crippen molar-refractivity contribution in [3.8, 4) is 5.75 Å². The van der Waals surface area contributed by atoms with Gasteiger partial charge in [-0.3, -0.25) is 0 Å². The Morgan fingerprint density at radius 2 is 1.96 bits per heavy atom. The normalized spacial score (nSPS) is 20.7. The lowest BCUT2D eigenvalue weighted by atomic mass is 9.76. The predicted octanol–water partition coefficient (Wildman–Crippen LogP) is 3.68. The van der Waals surface area contributed by atoms with Crippen LogP contribution in [-0.2, 0) is 0 Å². The summed E-state index contributed by atoms with van der Waals surface area (Å²) >= 11 is 0. The van der Waals surface area contributed by atoms with Crippen LogP contribution in [0, 0.1) is 6.92 Å². The fourth-order valence-electron chi connectivity index (χ4n) is 2.96. The van der Waals surface area contributed by atoms with Crippen molar-refractivity contribution < 1.29 is 4.74 Å². The SMILES string of the molecule is COc1cccc(C2CC(N=C(N)Nc3cccc(C)c3)C2)c1. The molecule has 3 N–H and O–H groups in total. The van der Waals surface area contributed by atoms with Crippen LogP contribution in [0.15, 0.2) is 53.5 Å². The maximum Gasteiger partial charge on any atom is 0.193 e. The Balaban J connectivity index is 1.56. The van der Waals surface area contributed by atoms with Crippen molar-refractivity contribution in [2.24, 2.45) is 10.7 Å². The van der Waals surface area contributed by atoms with Gasteiger partial charge in [-0.1, -0.05) is 24.3 Å². The van der Waals surface area contributed by atoms with Crippen LogP contribution < -0.4 is 15.8 Å². The fourth-order valence-corrected chi connectivity index (χ4v) is 2.96. The number of nitrogens with one attached hydrogen (secondary N) is 1. The number of methoxy groups -OCH3 is 1. The van der Waals surface area contributed by atoms with E-state index in [1.807, 2.05) is 24.3 Å². The standard InChI is InChI=1S/C19H23N3O/c1-13-5-3-7-16(9-13)21-19(20)22-17-10-15(11-17)14-6-4-8-18(12-14)23-2/h3-9,12,15,17H,10-11H2,1-2H3,(H3,20,21,22). The Kier molecular flexibility index (Phi) is 4.51. The van der Waals surface area contributed by atoms with E-state index in [1.165, 1.54) is 11.1 Å². The molecule has 0 heterocycles. The Hall–Kier alpha value is -2.49. The van der Waals surface area contributed by atoms with Gasteiger partial charge < -0.3 is 15.8 Å². The Morgan fingerprint density at radius 1 is 1.17 bits per heavy atom. The number of hydrogen-bond acceptors (Lipinski definition) is 2. The monoisotopic (exact) mass is 309 g/mol. The minimum atomic E-state index is 0.295. The number of nitrogens with two attached hydrogens (primary N) is 1. The van der Waals surface area contributed by atoms with E-state index in [-0.39, 0.29) is 0 Å². The molecule has 0 bridgehead atoms. The first kappa shape index (κ1) is 15.4. The first-order valence-electron chi connectivity index (χ1n) is 7.95. The molecule has 1 aliphatic carbocycles. The Morgan fingerprint density at radius 3 is 2.70 bits per heavy atom. The third-order valence-corrected chi connectivity index (χ3v) is 4.29. The van der Waals surface area contributed by atoms with Gasteiger partial charge in [-0.05, 0) is 61.1 Å². The summed E-state index contributed by atoms with van der Waals surface area (Å²) in [6.45, 7) is 2.06. The highest BCUT2D eigenvalue weighted by Crippen LogP contribution is 2.39. The summed E-state index contributed by atoms with van der Waals surface area (Å²) < 4.78 is 5.28. The number of aliphatic imine (C=N–C) groups is 1. The lowest BCUT2D eigenvalue weighted by Gasteiger charge is -2.33. The second-order valence-corrected chi connectivity index (χ2v) is 6.11. The van der Waals surface area contributed by atoms with E-state index in [1.54, 1.807) is 7.11 Å². The Labute approximate surface area is 137 Å². The van der Waals surface area contributed by atoms with Crippen molar-refractivity contribution in [1.29, 1.82) is 0 Å². The molecule has 3 rings (SSSR count). The first-order valence-corrected chi connectivity index (χ1v) is 7.95. The van der Waals surface area contributed by atoms with E-state index in [9.17, 15) is 0 Å². The third kappa shape index (κ3) is 3.83. The zero-order valence-electron chi connectivity index (χ0n) is 13.6. The topological polar surface area (TPSA) is 59.6 Å². The third-order valence-electron chi connectivity index (χ3n) is 4.29. The van der Waals surface area contributed by atoms with Gasteiger partial charge in [0.25, 0.3) is 0 Å². The number of guanidine groups is 1. The molecule has 0 saturated heterocycles. The molecule has 0 radical (unpaired) electrons. The van der Waals surface area contributed by atoms with Gasteiger partial charge in [0.15, 0.2) is 5.96 Å². The molecule has 2 aromatic rings. The summed E-state index contributed by atoms with van der Waals surface area (Å²) in [5, 5.41) is 3.16. The smallest absolute Gasteiger partial charge is 0.193 e. The molecule has 1 fully saturated rings. The summed E-state index contributed by atoms with van der Waals surface area (Å²) in [4.78, 5) is 4.58. The summed E-state index contributed by atoms with van der Waals surface area (Å²) in [5.41, 5.74) is 9.52. The highest BCUT2D eigenvalue weighted by atomic mass is 16.5. The zero-order valence-corrected chi connectivity index (χ0v) is 13.6. The van der Waals surface area contributed by atoms with Crippen LogP contribution in [0.5, 0.6) is 5.75 Å². The van der Waals surface area contributed by atoms with E-state index in [0.717, 1.165) is 24.3 Å². The van der Waals surface area contributed by atoms with Crippen LogP contribution in [0.1, 0.15) is 29.9 Å². The summed E-state index contributed by atoms with van der Waals surface area (Å²) in [5.74, 6) is 1.95.